The highest BCUT2D eigenvalue weighted by Crippen LogP contribution is 2.30. The maximum absolute atomic E-state index is 12.6. The summed E-state index contributed by atoms with van der Waals surface area (Å²) in [5.74, 6) is 0. The van der Waals surface area contributed by atoms with Crippen LogP contribution in [0.5, 0.6) is 0 Å². The van der Waals surface area contributed by atoms with Gasteiger partial charge in [0.1, 0.15) is 12.2 Å². The number of hydrogen-bond donors (Lipinski definition) is 0. The molecule has 2 rings (SSSR count). The first-order chi connectivity index (χ1) is 8.43. The standard InChI is InChI=1S/C12H13F3N3/c1-3-18-7-5-4-6-9(18)10-8-11(12(13,14)15)16-17(10)2/h4-8H,3H2,1-2H3/q+1. The van der Waals surface area contributed by atoms with Crippen LogP contribution < -0.4 is 4.57 Å². The van der Waals surface area contributed by atoms with Crippen molar-refractivity contribution < 1.29 is 17.7 Å². The van der Waals surface area contributed by atoms with Gasteiger partial charge in [0.15, 0.2) is 11.9 Å². The van der Waals surface area contributed by atoms with Gasteiger partial charge >= 0.3 is 6.18 Å². The van der Waals surface area contributed by atoms with Gasteiger partial charge in [0.05, 0.1) is 0 Å². The monoisotopic (exact) mass is 256 g/mol. The van der Waals surface area contributed by atoms with Crippen LogP contribution in [0.1, 0.15) is 12.6 Å². The zero-order valence-electron chi connectivity index (χ0n) is 10.1. The molecular weight excluding hydrogens is 243 g/mol. The van der Waals surface area contributed by atoms with Crippen LogP contribution in [0.3, 0.4) is 0 Å². The van der Waals surface area contributed by atoms with Gasteiger partial charge in [0.25, 0.3) is 0 Å². The molecule has 0 aromatic carbocycles. The van der Waals surface area contributed by atoms with Crippen molar-refractivity contribution >= 4 is 0 Å². The summed E-state index contributed by atoms with van der Waals surface area (Å²) in [6, 6.07) is 6.48. The van der Waals surface area contributed by atoms with Gasteiger partial charge in [-0.15, -0.1) is 0 Å². The maximum Gasteiger partial charge on any atom is 0.435 e. The SMILES string of the molecule is CC[n+]1ccccc1-c1cc(C(F)(F)F)nn1C. The minimum atomic E-state index is -4.41. The van der Waals surface area contributed by atoms with Crippen molar-refractivity contribution in [3.63, 3.8) is 0 Å². The van der Waals surface area contributed by atoms with Crippen LogP contribution in [-0.4, -0.2) is 9.78 Å². The molecule has 0 N–H and O–H groups in total. The Labute approximate surface area is 102 Å². The molecule has 0 spiro atoms. The molecule has 0 aliphatic carbocycles. The fourth-order valence-electron chi connectivity index (χ4n) is 1.83. The molecule has 0 fully saturated rings. The summed E-state index contributed by atoms with van der Waals surface area (Å²) in [5.41, 5.74) is 0.293. The van der Waals surface area contributed by atoms with E-state index in [-0.39, 0.29) is 0 Å². The van der Waals surface area contributed by atoms with Crippen LogP contribution in [0.15, 0.2) is 30.5 Å². The van der Waals surface area contributed by atoms with Crippen LogP contribution in [0.2, 0.25) is 0 Å². The smallest absolute Gasteiger partial charge is 0.261 e. The van der Waals surface area contributed by atoms with Crippen molar-refractivity contribution in [1.82, 2.24) is 9.78 Å². The lowest BCUT2D eigenvalue weighted by Gasteiger charge is -2.01. The van der Waals surface area contributed by atoms with Crippen molar-refractivity contribution in [2.45, 2.75) is 19.6 Å². The van der Waals surface area contributed by atoms with E-state index < -0.39 is 11.9 Å². The number of pyridine rings is 1. The summed E-state index contributed by atoms with van der Waals surface area (Å²) in [6.45, 7) is 2.62. The molecule has 6 heteroatoms. The Bertz CT molecular complexity index is 558. The Hall–Kier alpha value is -1.85. The molecule has 0 radical (unpaired) electrons. The van der Waals surface area contributed by atoms with E-state index >= 15 is 0 Å². The van der Waals surface area contributed by atoms with Gasteiger partial charge < -0.3 is 0 Å². The number of aromatic nitrogens is 3. The average molecular weight is 256 g/mol. The minimum absolute atomic E-state index is 0.449. The molecule has 2 aromatic rings. The summed E-state index contributed by atoms with van der Waals surface area (Å²) in [5, 5.41) is 3.51. The van der Waals surface area contributed by atoms with Crippen molar-refractivity contribution in [2.24, 2.45) is 7.05 Å². The fourth-order valence-corrected chi connectivity index (χ4v) is 1.83. The van der Waals surface area contributed by atoms with Crippen molar-refractivity contribution in [3.8, 4) is 11.4 Å². The molecule has 0 amide bonds. The highest BCUT2D eigenvalue weighted by atomic mass is 19.4. The van der Waals surface area contributed by atoms with E-state index in [1.165, 1.54) is 11.7 Å². The van der Waals surface area contributed by atoms with Crippen molar-refractivity contribution in [2.75, 3.05) is 0 Å². The van der Waals surface area contributed by atoms with Crippen molar-refractivity contribution in [3.05, 3.63) is 36.2 Å². The first-order valence-electron chi connectivity index (χ1n) is 5.53. The molecule has 0 unspecified atom stereocenters. The molecule has 0 bridgehead atoms. The van der Waals surface area contributed by atoms with Gasteiger partial charge in [-0.3, -0.25) is 4.68 Å². The lowest BCUT2D eigenvalue weighted by molar-refractivity contribution is -0.683. The molecule has 0 aliphatic rings. The van der Waals surface area contributed by atoms with Gasteiger partial charge in [0, 0.05) is 25.2 Å². The average Bonchev–Trinajstić information content (AvgIpc) is 2.71. The Balaban J connectivity index is 2.55. The number of alkyl halides is 3. The predicted octanol–water partition coefficient (Wildman–Crippen LogP) is 2.41. The molecule has 2 heterocycles. The Kier molecular flexibility index (Phi) is 3.11. The second-order valence-electron chi connectivity index (χ2n) is 3.91. The lowest BCUT2D eigenvalue weighted by atomic mass is 10.2. The van der Waals surface area contributed by atoms with Crippen LogP contribution in [-0.2, 0) is 19.8 Å². The molecule has 2 aromatic heterocycles. The summed E-state index contributed by atoms with van der Waals surface area (Å²) in [6.07, 6.45) is -2.59. The largest absolute Gasteiger partial charge is 0.435 e. The van der Waals surface area contributed by atoms with Crippen LogP contribution in [0, 0.1) is 0 Å². The highest BCUT2D eigenvalue weighted by Gasteiger charge is 2.35. The molecule has 18 heavy (non-hydrogen) atoms. The predicted molar refractivity (Wildman–Crippen MR) is 59.5 cm³/mol. The zero-order valence-corrected chi connectivity index (χ0v) is 10.1. The summed E-state index contributed by atoms with van der Waals surface area (Å²) in [7, 11) is 1.51. The van der Waals surface area contributed by atoms with Crippen LogP contribution in [0.25, 0.3) is 11.4 Å². The van der Waals surface area contributed by atoms with E-state index in [9.17, 15) is 13.2 Å². The maximum atomic E-state index is 12.6. The fraction of sp³-hybridized carbons (Fsp3) is 0.333. The third-order valence-corrected chi connectivity index (χ3v) is 2.71. The molecule has 0 saturated heterocycles. The van der Waals surface area contributed by atoms with Gasteiger partial charge in [-0.05, 0) is 13.0 Å². The summed E-state index contributed by atoms with van der Waals surface area (Å²) >= 11 is 0. The van der Waals surface area contributed by atoms with E-state index in [0.717, 1.165) is 6.07 Å². The zero-order chi connectivity index (χ0) is 13.3. The highest BCUT2D eigenvalue weighted by molar-refractivity contribution is 5.51. The lowest BCUT2D eigenvalue weighted by Crippen LogP contribution is -2.34. The molecule has 3 nitrogen and oxygen atoms in total. The van der Waals surface area contributed by atoms with Crippen molar-refractivity contribution in [1.29, 1.82) is 0 Å². The third-order valence-electron chi connectivity index (χ3n) is 2.71. The van der Waals surface area contributed by atoms with Crippen LogP contribution >= 0.6 is 0 Å². The van der Waals surface area contributed by atoms with Gasteiger partial charge in [0.2, 0.25) is 5.69 Å². The second kappa shape index (κ2) is 4.44. The van der Waals surface area contributed by atoms with E-state index in [1.807, 2.05) is 23.8 Å². The molecular formula is C12H13F3N3+. The van der Waals surface area contributed by atoms with E-state index in [4.69, 9.17) is 0 Å². The second-order valence-corrected chi connectivity index (χ2v) is 3.91. The quantitative estimate of drug-likeness (QED) is 0.756. The molecule has 0 atom stereocenters. The Morgan fingerprint density at radius 3 is 2.61 bits per heavy atom. The van der Waals surface area contributed by atoms with E-state index in [0.29, 0.717) is 17.9 Å². The van der Waals surface area contributed by atoms with Gasteiger partial charge in [-0.25, -0.2) is 0 Å². The normalized spacial score (nSPS) is 11.8. The number of rotatable bonds is 2. The third kappa shape index (κ3) is 2.23. The number of aryl methyl sites for hydroxylation is 2. The molecule has 0 aliphatic heterocycles. The van der Waals surface area contributed by atoms with Gasteiger partial charge in [-0.1, -0.05) is 0 Å². The van der Waals surface area contributed by atoms with E-state index in [1.54, 1.807) is 12.1 Å². The number of hydrogen-bond acceptors (Lipinski definition) is 1. The first kappa shape index (κ1) is 12.6. The Morgan fingerprint density at radius 2 is 2.06 bits per heavy atom. The first-order valence-corrected chi connectivity index (χ1v) is 5.53. The number of nitrogens with zero attached hydrogens (tertiary/aromatic N) is 3. The summed E-state index contributed by atoms with van der Waals surface area (Å²) in [4.78, 5) is 0. The van der Waals surface area contributed by atoms with Crippen LogP contribution in [0.4, 0.5) is 13.2 Å². The molecule has 0 saturated carbocycles. The minimum Gasteiger partial charge on any atom is -0.261 e. The van der Waals surface area contributed by atoms with E-state index in [2.05, 4.69) is 5.10 Å². The topological polar surface area (TPSA) is 21.7 Å². The summed E-state index contributed by atoms with van der Waals surface area (Å²) < 4.78 is 40.9. The Morgan fingerprint density at radius 1 is 1.33 bits per heavy atom. The molecule has 96 valence electrons. The number of halogens is 3. The van der Waals surface area contributed by atoms with Gasteiger partial charge in [-0.2, -0.15) is 22.8 Å².